The first-order valence-corrected chi connectivity index (χ1v) is 9.36. The molecular weight excluding hydrogens is 364 g/mol. The normalized spacial score (nSPS) is 10.8. The molecule has 4 heteroatoms. The zero-order chi connectivity index (χ0) is 20.6. The highest BCUT2D eigenvalue weighted by molar-refractivity contribution is 5.74. The molecule has 3 aromatic carbocycles. The fraction of sp³-hybridized carbons (Fsp3) is 0.200. The number of methoxy groups -OCH3 is 4. The lowest BCUT2D eigenvalue weighted by Gasteiger charge is -2.15. The number of ether oxygens (including phenoxy) is 4. The van der Waals surface area contributed by atoms with Gasteiger partial charge in [0.1, 0.15) is 23.0 Å². The van der Waals surface area contributed by atoms with E-state index in [-0.39, 0.29) is 0 Å². The van der Waals surface area contributed by atoms with Crippen LogP contribution in [0, 0.1) is 0 Å². The monoisotopic (exact) mass is 390 g/mol. The minimum atomic E-state index is 0.736. The molecule has 0 amide bonds. The molecule has 0 saturated heterocycles. The van der Waals surface area contributed by atoms with Crippen molar-refractivity contribution < 1.29 is 18.9 Å². The van der Waals surface area contributed by atoms with Crippen molar-refractivity contribution in [3.63, 3.8) is 0 Å². The Bertz CT molecular complexity index is 957. The van der Waals surface area contributed by atoms with E-state index in [2.05, 4.69) is 24.3 Å². The standard InChI is InChI=1S/C25H26O4/c1-26-21-11-6-18(7-12-21)5-10-20-16-23(28-3)17-25(29-4)24(20)15-19-8-13-22(27-2)14-9-19/h5-14,16-17H,15H2,1-4H3/b10-5+. The Kier molecular flexibility index (Phi) is 6.80. The largest absolute Gasteiger partial charge is 0.497 e. The minimum absolute atomic E-state index is 0.736. The molecule has 0 bridgehead atoms. The van der Waals surface area contributed by atoms with Crippen LogP contribution in [0.25, 0.3) is 12.2 Å². The highest BCUT2D eigenvalue weighted by Crippen LogP contribution is 2.32. The van der Waals surface area contributed by atoms with Crippen molar-refractivity contribution in [2.24, 2.45) is 0 Å². The average Bonchev–Trinajstić information content (AvgIpc) is 2.78. The Labute approximate surface area is 172 Å². The van der Waals surface area contributed by atoms with Gasteiger partial charge in [0.25, 0.3) is 0 Å². The van der Waals surface area contributed by atoms with E-state index in [0.717, 1.165) is 46.1 Å². The Morgan fingerprint density at radius 3 is 1.76 bits per heavy atom. The fourth-order valence-electron chi connectivity index (χ4n) is 3.13. The van der Waals surface area contributed by atoms with Gasteiger partial charge in [-0.1, -0.05) is 36.4 Å². The number of hydrogen-bond acceptors (Lipinski definition) is 4. The summed E-state index contributed by atoms with van der Waals surface area (Å²) < 4.78 is 21.6. The second kappa shape index (κ2) is 9.69. The zero-order valence-electron chi connectivity index (χ0n) is 17.3. The predicted octanol–water partition coefficient (Wildman–Crippen LogP) is 5.48. The second-order valence-corrected chi connectivity index (χ2v) is 6.53. The summed E-state index contributed by atoms with van der Waals surface area (Å²) in [7, 11) is 6.68. The van der Waals surface area contributed by atoms with E-state index < -0.39 is 0 Å². The first kappa shape index (κ1) is 20.3. The molecular formula is C25H26O4. The van der Waals surface area contributed by atoms with E-state index in [4.69, 9.17) is 18.9 Å². The summed E-state index contributed by atoms with van der Waals surface area (Å²) in [5.41, 5.74) is 4.41. The van der Waals surface area contributed by atoms with E-state index in [0.29, 0.717) is 0 Å². The van der Waals surface area contributed by atoms with Crippen LogP contribution in [0.2, 0.25) is 0 Å². The van der Waals surface area contributed by atoms with Crippen molar-refractivity contribution >= 4 is 12.2 Å². The number of rotatable bonds is 8. The summed E-state index contributed by atoms with van der Waals surface area (Å²) in [5, 5.41) is 0. The maximum Gasteiger partial charge on any atom is 0.126 e. The van der Waals surface area contributed by atoms with Crippen LogP contribution in [0.4, 0.5) is 0 Å². The van der Waals surface area contributed by atoms with E-state index in [1.165, 1.54) is 5.56 Å². The van der Waals surface area contributed by atoms with Crippen LogP contribution in [0.3, 0.4) is 0 Å². The quantitative estimate of drug-likeness (QED) is 0.477. The zero-order valence-corrected chi connectivity index (χ0v) is 17.3. The Morgan fingerprint density at radius 1 is 0.621 bits per heavy atom. The maximum absolute atomic E-state index is 5.67. The van der Waals surface area contributed by atoms with Crippen molar-refractivity contribution in [1.82, 2.24) is 0 Å². The minimum Gasteiger partial charge on any atom is -0.497 e. The van der Waals surface area contributed by atoms with Crippen LogP contribution >= 0.6 is 0 Å². The Morgan fingerprint density at radius 2 is 1.21 bits per heavy atom. The Balaban J connectivity index is 1.97. The van der Waals surface area contributed by atoms with Crippen molar-refractivity contribution in [2.75, 3.05) is 28.4 Å². The van der Waals surface area contributed by atoms with Gasteiger partial charge in [0, 0.05) is 18.1 Å². The van der Waals surface area contributed by atoms with Gasteiger partial charge in [0.15, 0.2) is 0 Å². The molecule has 3 rings (SSSR count). The third kappa shape index (κ3) is 5.11. The molecule has 0 fully saturated rings. The van der Waals surface area contributed by atoms with Gasteiger partial charge >= 0.3 is 0 Å². The molecule has 4 nitrogen and oxygen atoms in total. The number of hydrogen-bond donors (Lipinski definition) is 0. The van der Waals surface area contributed by atoms with E-state index in [1.54, 1.807) is 28.4 Å². The van der Waals surface area contributed by atoms with Gasteiger partial charge in [-0.2, -0.15) is 0 Å². The molecule has 0 spiro atoms. The predicted molar refractivity (Wildman–Crippen MR) is 117 cm³/mol. The molecule has 29 heavy (non-hydrogen) atoms. The molecule has 0 N–H and O–H groups in total. The van der Waals surface area contributed by atoms with E-state index >= 15 is 0 Å². The molecule has 150 valence electrons. The topological polar surface area (TPSA) is 36.9 Å². The van der Waals surface area contributed by atoms with Crippen molar-refractivity contribution in [3.8, 4) is 23.0 Å². The average molecular weight is 390 g/mol. The van der Waals surface area contributed by atoms with Crippen molar-refractivity contribution in [1.29, 1.82) is 0 Å². The molecule has 0 aliphatic rings. The summed E-state index contributed by atoms with van der Waals surface area (Å²) >= 11 is 0. The summed E-state index contributed by atoms with van der Waals surface area (Å²) in [6, 6.07) is 20.0. The number of benzene rings is 3. The lowest BCUT2D eigenvalue weighted by Crippen LogP contribution is -1.99. The smallest absolute Gasteiger partial charge is 0.126 e. The molecule has 0 radical (unpaired) electrons. The molecule has 3 aromatic rings. The van der Waals surface area contributed by atoms with Crippen LogP contribution in [0.1, 0.15) is 22.3 Å². The van der Waals surface area contributed by atoms with Gasteiger partial charge in [-0.15, -0.1) is 0 Å². The second-order valence-electron chi connectivity index (χ2n) is 6.53. The van der Waals surface area contributed by atoms with Crippen molar-refractivity contribution in [3.05, 3.63) is 82.9 Å². The van der Waals surface area contributed by atoms with Gasteiger partial charge in [-0.25, -0.2) is 0 Å². The summed E-state index contributed by atoms with van der Waals surface area (Å²) in [6.07, 6.45) is 4.90. The summed E-state index contributed by atoms with van der Waals surface area (Å²) in [4.78, 5) is 0. The SMILES string of the molecule is COc1ccc(/C=C/c2cc(OC)cc(OC)c2Cc2ccc(OC)cc2)cc1. The first-order chi connectivity index (χ1) is 14.2. The van der Waals surface area contributed by atoms with Gasteiger partial charge in [-0.3, -0.25) is 0 Å². The molecule has 0 saturated carbocycles. The van der Waals surface area contributed by atoms with Crippen LogP contribution in [0.5, 0.6) is 23.0 Å². The maximum atomic E-state index is 5.67. The van der Waals surface area contributed by atoms with Crippen LogP contribution in [-0.4, -0.2) is 28.4 Å². The van der Waals surface area contributed by atoms with Crippen LogP contribution in [0.15, 0.2) is 60.7 Å². The lowest BCUT2D eigenvalue weighted by atomic mass is 9.97. The van der Waals surface area contributed by atoms with E-state index in [9.17, 15) is 0 Å². The first-order valence-electron chi connectivity index (χ1n) is 9.36. The van der Waals surface area contributed by atoms with Crippen LogP contribution < -0.4 is 18.9 Å². The Hall–Kier alpha value is -3.40. The van der Waals surface area contributed by atoms with Crippen LogP contribution in [-0.2, 0) is 6.42 Å². The third-order valence-corrected chi connectivity index (χ3v) is 4.78. The lowest BCUT2D eigenvalue weighted by molar-refractivity contribution is 0.391. The van der Waals surface area contributed by atoms with Gasteiger partial charge < -0.3 is 18.9 Å². The summed E-state index contributed by atoms with van der Waals surface area (Å²) in [5.74, 6) is 3.24. The molecule has 0 aliphatic heterocycles. The molecule has 0 atom stereocenters. The molecule has 0 unspecified atom stereocenters. The molecule has 0 aliphatic carbocycles. The fourth-order valence-corrected chi connectivity index (χ4v) is 3.13. The van der Waals surface area contributed by atoms with Gasteiger partial charge in [0.2, 0.25) is 0 Å². The van der Waals surface area contributed by atoms with Crippen molar-refractivity contribution in [2.45, 2.75) is 6.42 Å². The highest BCUT2D eigenvalue weighted by atomic mass is 16.5. The highest BCUT2D eigenvalue weighted by Gasteiger charge is 2.12. The van der Waals surface area contributed by atoms with Gasteiger partial charge in [0.05, 0.1) is 28.4 Å². The molecule has 0 heterocycles. The van der Waals surface area contributed by atoms with Gasteiger partial charge in [-0.05, 0) is 47.0 Å². The summed E-state index contributed by atoms with van der Waals surface area (Å²) in [6.45, 7) is 0. The third-order valence-electron chi connectivity index (χ3n) is 4.78. The molecule has 0 aromatic heterocycles. The van der Waals surface area contributed by atoms with E-state index in [1.807, 2.05) is 48.5 Å².